The van der Waals surface area contributed by atoms with Crippen LogP contribution in [-0.4, -0.2) is 23.8 Å². The average Bonchev–Trinajstić information content (AvgIpc) is 2.92. The number of amides is 1. The number of nitrogens with one attached hydrogen (secondary N) is 1. The molecule has 5 nitrogen and oxygen atoms in total. The second-order valence-corrected chi connectivity index (χ2v) is 4.10. The fourth-order valence-corrected chi connectivity index (χ4v) is 1.43. The van der Waals surface area contributed by atoms with Crippen LogP contribution in [0.1, 0.15) is 16.1 Å². The number of alkyl halides is 3. The molecule has 0 fully saturated rings. The molecular formula is C13H11F3N2O3. The zero-order valence-corrected chi connectivity index (χ0v) is 10.7. The van der Waals surface area contributed by atoms with Crippen molar-refractivity contribution in [3.63, 3.8) is 0 Å². The van der Waals surface area contributed by atoms with E-state index < -0.39 is 18.6 Å². The minimum absolute atomic E-state index is 0.0241. The molecule has 0 saturated carbocycles. The van der Waals surface area contributed by atoms with E-state index in [1.807, 2.05) is 30.3 Å². The van der Waals surface area contributed by atoms with Crippen molar-refractivity contribution in [2.75, 3.05) is 6.54 Å². The van der Waals surface area contributed by atoms with Gasteiger partial charge in [-0.25, -0.2) is 0 Å². The number of carbonyl (C=O) groups excluding carboxylic acids is 1. The fourth-order valence-electron chi connectivity index (χ4n) is 1.43. The minimum Gasteiger partial charge on any atom is -0.471 e. The standard InChI is InChI=1S/C13H11F3N2O3/c14-13(15,16)8-17-12(19)10-6-11(18-21-10)20-7-9-4-2-1-3-5-9/h1-6H,7-8H2,(H,17,19). The Labute approximate surface area is 117 Å². The number of hydrogen-bond acceptors (Lipinski definition) is 4. The highest BCUT2D eigenvalue weighted by molar-refractivity contribution is 5.91. The van der Waals surface area contributed by atoms with Crippen LogP contribution in [0, 0.1) is 0 Å². The Bertz CT molecular complexity index is 596. The number of halogens is 3. The Hall–Kier alpha value is -2.51. The van der Waals surface area contributed by atoms with Crippen LogP contribution in [-0.2, 0) is 6.61 Å². The smallest absolute Gasteiger partial charge is 0.405 e. The summed E-state index contributed by atoms with van der Waals surface area (Å²) in [6.45, 7) is -1.23. The zero-order chi connectivity index (χ0) is 15.3. The Balaban J connectivity index is 1.88. The monoisotopic (exact) mass is 300 g/mol. The van der Waals surface area contributed by atoms with Gasteiger partial charge < -0.3 is 14.6 Å². The van der Waals surface area contributed by atoms with Crippen LogP contribution >= 0.6 is 0 Å². The van der Waals surface area contributed by atoms with E-state index in [9.17, 15) is 18.0 Å². The molecule has 0 bridgehead atoms. The molecule has 0 aliphatic carbocycles. The molecule has 21 heavy (non-hydrogen) atoms. The topological polar surface area (TPSA) is 64.4 Å². The molecule has 8 heteroatoms. The van der Waals surface area contributed by atoms with Gasteiger partial charge in [-0.2, -0.15) is 13.2 Å². The third-order valence-corrected chi connectivity index (χ3v) is 2.39. The molecule has 0 spiro atoms. The highest BCUT2D eigenvalue weighted by Gasteiger charge is 2.28. The number of rotatable bonds is 5. The number of aromatic nitrogens is 1. The largest absolute Gasteiger partial charge is 0.471 e. The normalized spacial score (nSPS) is 11.2. The number of hydrogen-bond donors (Lipinski definition) is 1. The minimum atomic E-state index is -4.48. The molecule has 0 aliphatic rings. The summed E-state index contributed by atoms with van der Waals surface area (Å²) >= 11 is 0. The van der Waals surface area contributed by atoms with E-state index in [1.54, 1.807) is 5.32 Å². The van der Waals surface area contributed by atoms with Crippen LogP contribution in [0.15, 0.2) is 40.9 Å². The Kier molecular flexibility index (Phi) is 4.46. The predicted octanol–water partition coefficient (Wildman–Crippen LogP) is 2.55. The third-order valence-electron chi connectivity index (χ3n) is 2.39. The van der Waals surface area contributed by atoms with Gasteiger partial charge in [0.05, 0.1) is 6.07 Å². The Morgan fingerprint density at radius 1 is 1.29 bits per heavy atom. The molecule has 2 rings (SSSR count). The number of ether oxygens (including phenoxy) is 1. The van der Waals surface area contributed by atoms with E-state index in [0.717, 1.165) is 11.6 Å². The SMILES string of the molecule is O=C(NCC(F)(F)F)c1cc(OCc2ccccc2)no1. The lowest BCUT2D eigenvalue weighted by Gasteiger charge is -2.05. The Morgan fingerprint density at radius 3 is 2.67 bits per heavy atom. The summed E-state index contributed by atoms with van der Waals surface area (Å²) < 4.78 is 45.8. The van der Waals surface area contributed by atoms with Crippen molar-refractivity contribution in [2.24, 2.45) is 0 Å². The molecule has 0 unspecified atom stereocenters. The first-order chi connectivity index (χ1) is 9.94. The van der Waals surface area contributed by atoms with Crippen LogP contribution in [0.2, 0.25) is 0 Å². The maximum atomic E-state index is 12.0. The number of benzene rings is 1. The van der Waals surface area contributed by atoms with Gasteiger partial charge in [0.15, 0.2) is 0 Å². The van der Waals surface area contributed by atoms with Crippen LogP contribution in [0.3, 0.4) is 0 Å². The molecule has 0 aliphatic heterocycles. The molecule has 1 heterocycles. The van der Waals surface area contributed by atoms with E-state index in [0.29, 0.717) is 0 Å². The lowest BCUT2D eigenvalue weighted by atomic mass is 10.2. The summed E-state index contributed by atoms with van der Waals surface area (Å²) in [5.74, 6) is -1.33. The first-order valence-electron chi connectivity index (χ1n) is 5.92. The summed E-state index contributed by atoms with van der Waals surface area (Å²) in [4.78, 5) is 11.4. The van der Waals surface area contributed by atoms with E-state index in [2.05, 4.69) is 9.68 Å². The lowest BCUT2D eigenvalue weighted by molar-refractivity contribution is -0.123. The molecular weight excluding hydrogens is 289 g/mol. The summed E-state index contributed by atoms with van der Waals surface area (Å²) in [6.07, 6.45) is -4.48. The molecule has 112 valence electrons. The van der Waals surface area contributed by atoms with Gasteiger partial charge in [-0.3, -0.25) is 4.79 Å². The second-order valence-electron chi connectivity index (χ2n) is 4.10. The van der Waals surface area contributed by atoms with Gasteiger partial charge in [0, 0.05) is 0 Å². The van der Waals surface area contributed by atoms with E-state index in [1.165, 1.54) is 0 Å². The maximum Gasteiger partial charge on any atom is 0.405 e. The van der Waals surface area contributed by atoms with Crippen molar-refractivity contribution in [1.82, 2.24) is 10.5 Å². The molecule has 1 aromatic carbocycles. The highest BCUT2D eigenvalue weighted by Crippen LogP contribution is 2.15. The first kappa shape index (κ1) is 14.9. The summed E-state index contributed by atoms with van der Waals surface area (Å²) in [5.41, 5.74) is 0.878. The Morgan fingerprint density at radius 2 is 2.00 bits per heavy atom. The van der Waals surface area contributed by atoms with Gasteiger partial charge in [-0.15, -0.1) is 0 Å². The zero-order valence-electron chi connectivity index (χ0n) is 10.7. The third kappa shape index (κ3) is 4.83. The average molecular weight is 300 g/mol. The molecule has 1 aromatic heterocycles. The predicted molar refractivity (Wildman–Crippen MR) is 65.7 cm³/mol. The van der Waals surface area contributed by atoms with Crippen molar-refractivity contribution in [2.45, 2.75) is 12.8 Å². The van der Waals surface area contributed by atoms with Gasteiger partial charge in [0.1, 0.15) is 13.2 Å². The van der Waals surface area contributed by atoms with Crippen molar-refractivity contribution >= 4 is 5.91 Å². The van der Waals surface area contributed by atoms with Crippen molar-refractivity contribution < 1.29 is 27.2 Å². The second kappa shape index (κ2) is 6.29. The lowest BCUT2D eigenvalue weighted by Crippen LogP contribution is -2.33. The van der Waals surface area contributed by atoms with E-state index in [4.69, 9.17) is 4.74 Å². The summed E-state index contributed by atoms with van der Waals surface area (Å²) in [7, 11) is 0. The van der Waals surface area contributed by atoms with Gasteiger partial charge in [0.2, 0.25) is 5.76 Å². The molecule has 0 atom stereocenters. The van der Waals surface area contributed by atoms with Crippen LogP contribution < -0.4 is 10.1 Å². The van der Waals surface area contributed by atoms with Crippen molar-refractivity contribution in [1.29, 1.82) is 0 Å². The fraction of sp³-hybridized carbons (Fsp3) is 0.231. The number of nitrogens with zero attached hydrogens (tertiary/aromatic N) is 1. The van der Waals surface area contributed by atoms with Gasteiger partial charge in [-0.05, 0) is 10.7 Å². The van der Waals surface area contributed by atoms with E-state index in [-0.39, 0.29) is 18.2 Å². The maximum absolute atomic E-state index is 12.0. The highest BCUT2D eigenvalue weighted by atomic mass is 19.4. The van der Waals surface area contributed by atoms with E-state index >= 15 is 0 Å². The molecule has 0 saturated heterocycles. The first-order valence-corrected chi connectivity index (χ1v) is 5.92. The summed E-state index contributed by atoms with van der Waals surface area (Å²) in [5, 5.41) is 5.13. The molecule has 0 radical (unpaired) electrons. The summed E-state index contributed by atoms with van der Waals surface area (Å²) in [6, 6.07) is 10.3. The van der Waals surface area contributed by atoms with Crippen molar-refractivity contribution in [3.8, 4) is 5.88 Å². The molecule has 1 amide bonds. The molecule has 2 aromatic rings. The molecule has 1 N–H and O–H groups in total. The van der Waals surface area contributed by atoms with Gasteiger partial charge in [-0.1, -0.05) is 30.3 Å². The van der Waals surface area contributed by atoms with Gasteiger partial charge >= 0.3 is 6.18 Å². The number of carbonyl (C=O) groups is 1. The van der Waals surface area contributed by atoms with Crippen LogP contribution in [0.4, 0.5) is 13.2 Å². The van der Waals surface area contributed by atoms with Crippen LogP contribution in [0.25, 0.3) is 0 Å². The van der Waals surface area contributed by atoms with Crippen LogP contribution in [0.5, 0.6) is 5.88 Å². The van der Waals surface area contributed by atoms with Crippen molar-refractivity contribution in [3.05, 3.63) is 47.7 Å². The van der Waals surface area contributed by atoms with Gasteiger partial charge in [0.25, 0.3) is 11.8 Å². The quantitative estimate of drug-likeness (QED) is 0.921.